The van der Waals surface area contributed by atoms with Gasteiger partial charge in [-0.25, -0.2) is 9.37 Å². The average Bonchev–Trinajstić information content (AvgIpc) is 2.74. The maximum atomic E-state index is 14.0. The van der Waals surface area contributed by atoms with Crippen LogP contribution in [-0.2, 0) is 13.0 Å². The molecule has 0 saturated carbocycles. The number of nitrogens with zero attached hydrogens (tertiary/aromatic N) is 1. The third kappa shape index (κ3) is 3.14. The van der Waals surface area contributed by atoms with Gasteiger partial charge in [0.05, 0.1) is 10.7 Å². The van der Waals surface area contributed by atoms with Gasteiger partial charge in [0.25, 0.3) is 0 Å². The molecule has 0 saturated heterocycles. The summed E-state index contributed by atoms with van der Waals surface area (Å²) < 4.78 is 14.0. The molecule has 0 spiro atoms. The topological polar surface area (TPSA) is 38.9 Å². The molecule has 2 N–H and O–H groups in total. The van der Waals surface area contributed by atoms with Crippen LogP contribution < -0.4 is 5.73 Å². The van der Waals surface area contributed by atoms with Crippen LogP contribution in [0, 0.1) is 11.7 Å². The predicted molar refractivity (Wildman–Crippen MR) is 79.0 cm³/mol. The SMILES string of the molecule is CC(C)Cc1nc(-c2cccc(Cl)c2F)sc1CN. The molecular formula is C14H16ClFN2S. The van der Waals surface area contributed by atoms with E-state index in [9.17, 15) is 4.39 Å². The fourth-order valence-corrected chi connectivity index (χ4v) is 3.03. The second-order valence-electron chi connectivity index (χ2n) is 4.79. The van der Waals surface area contributed by atoms with Crippen molar-refractivity contribution in [1.29, 1.82) is 0 Å². The normalized spacial score (nSPS) is 11.3. The summed E-state index contributed by atoms with van der Waals surface area (Å²) in [6, 6.07) is 4.96. The predicted octanol–water partition coefficient (Wildman–Crippen LogP) is 4.26. The molecule has 1 aromatic heterocycles. The van der Waals surface area contributed by atoms with Gasteiger partial charge in [-0.3, -0.25) is 0 Å². The minimum atomic E-state index is -0.419. The molecule has 0 unspecified atom stereocenters. The van der Waals surface area contributed by atoms with E-state index in [1.807, 2.05) is 0 Å². The molecule has 1 aromatic carbocycles. The largest absolute Gasteiger partial charge is 0.326 e. The molecule has 0 atom stereocenters. The van der Waals surface area contributed by atoms with Gasteiger partial charge in [0.15, 0.2) is 5.82 Å². The van der Waals surface area contributed by atoms with Gasteiger partial charge in [-0.15, -0.1) is 11.3 Å². The lowest BCUT2D eigenvalue weighted by molar-refractivity contribution is 0.628. The highest BCUT2D eigenvalue weighted by molar-refractivity contribution is 7.15. The Morgan fingerprint density at radius 3 is 2.79 bits per heavy atom. The average molecular weight is 299 g/mol. The minimum Gasteiger partial charge on any atom is -0.326 e. The van der Waals surface area contributed by atoms with Gasteiger partial charge in [-0.05, 0) is 24.5 Å². The Kier molecular flexibility index (Phi) is 4.55. The second kappa shape index (κ2) is 5.99. The molecular weight excluding hydrogens is 283 g/mol. The van der Waals surface area contributed by atoms with E-state index in [0.717, 1.165) is 17.0 Å². The van der Waals surface area contributed by atoms with Gasteiger partial charge in [0, 0.05) is 17.0 Å². The summed E-state index contributed by atoms with van der Waals surface area (Å²) in [6.45, 7) is 4.68. The molecule has 0 radical (unpaired) electrons. The first-order chi connectivity index (χ1) is 9.02. The van der Waals surface area contributed by atoms with Gasteiger partial charge in [0.2, 0.25) is 0 Å². The van der Waals surface area contributed by atoms with Crippen molar-refractivity contribution in [3.05, 3.63) is 39.6 Å². The number of hydrogen-bond acceptors (Lipinski definition) is 3. The molecule has 0 aliphatic carbocycles. The molecule has 2 rings (SSSR count). The molecule has 5 heteroatoms. The fraction of sp³-hybridized carbons (Fsp3) is 0.357. The number of aromatic nitrogens is 1. The van der Waals surface area contributed by atoms with Crippen LogP contribution in [0.15, 0.2) is 18.2 Å². The maximum absolute atomic E-state index is 14.0. The van der Waals surface area contributed by atoms with Crippen molar-refractivity contribution < 1.29 is 4.39 Å². The first kappa shape index (κ1) is 14.4. The summed E-state index contributed by atoms with van der Waals surface area (Å²) in [6.07, 6.45) is 0.852. The summed E-state index contributed by atoms with van der Waals surface area (Å²) in [5.74, 6) is 0.0713. The number of nitrogens with two attached hydrogens (primary N) is 1. The van der Waals surface area contributed by atoms with E-state index >= 15 is 0 Å². The molecule has 0 aliphatic rings. The Labute approximate surface area is 121 Å². The van der Waals surface area contributed by atoms with Crippen LogP contribution in [0.1, 0.15) is 24.4 Å². The third-order valence-corrected chi connectivity index (χ3v) is 4.19. The lowest BCUT2D eigenvalue weighted by Gasteiger charge is -2.02. The van der Waals surface area contributed by atoms with Crippen LogP contribution >= 0.6 is 22.9 Å². The number of benzene rings is 1. The lowest BCUT2D eigenvalue weighted by Crippen LogP contribution is -2.02. The molecule has 2 aromatic rings. The Morgan fingerprint density at radius 1 is 1.42 bits per heavy atom. The van der Waals surface area contributed by atoms with E-state index < -0.39 is 5.82 Å². The van der Waals surface area contributed by atoms with Crippen molar-refractivity contribution in [3.63, 3.8) is 0 Å². The highest BCUT2D eigenvalue weighted by atomic mass is 35.5. The maximum Gasteiger partial charge on any atom is 0.152 e. The Hall–Kier alpha value is -0.970. The zero-order valence-electron chi connectivity index (χ0n) is 10.9. The van der Waals surface area contributed by atoms with Crippen molar-refractivity contribution >= 4 is 22.9 Å². The first-order valence-electron chi connectivity index (χ1n) is 6.16. The highest BCUT2D eigenvalue weighted by Gasteiger charge is 2.16. The fourth-order valence-electron chi connectivity index (χ4n) is 1.87. The molecule has 2 nitrogen and oxygen atoms in total. The number of halogens is 2. The zero-order chi connectivity index (χ0) is 14.0. The van der Waals surface area contributed by atoms with Crippen LogP contribution in [0.4, 0.5) is 4.39 Å². The lowest BCUT2D eigenvalue weighted by atomic mass is 10.1. The van der Waals surface area contributed by atoms with E-state index in [1.54, 1.807) is 12.1 Å². The van der Waals surface area contributed by atoms with Crippen LogP contribution in [0.5, 0.6) is 0 Å². The Balaban J connectivity index is 2.45. The summed E-state index contributed by atoms with van der Waals surface area (Å²) in [7, 11) is 0. The number of rotatable bonds is 4. The second-order valence-corrected chi connectivity index (χ2v) is 6.28. The molecule has 102 valence electrons. The minimum absolute atomic E-state index is 0.118. The van der Waals surface area contributed by atoms with Crippen molar-refractivity contribution in [1.82, 2.24) is 4.98 Å². The number of thiazole rings is 1. The van der Waals surface area contributed by atoms with Crippen LogP contribution in [0.25, 0.3) is 10.6 Å². The number of hydrogen-bond donors (Lipinski definition) is 1. The summed E-state index contributed by atoms with van der Waals surface area (Å²) >= 11 is 7.25. The Bertz CT molecular complexity index is 581. The van der Waals surface area contributed by atoms with E-state index in [4.69, 9.17) is 17.3 Å². The smallest absolute Gasteiger partial charge is 0.152 e. The highest BCUT2D eigenvalue weighted by Crippen LogP contribution is 2.33. The van der Waals surface area contributed by atoms with E-state index in [0.29, 0.717) is 23.0 Å². The molecule has 1 heterocycles. The zero-order valence-corrected chi connectivity index (χ0v) is 12.5. The molecule has 0 aliphatic heterocycles. The quantitative estimate of drug-likeness (QED) is 0.916. The third-order valence-electron chi connectivity index (χ3n) is 2.75. The summed E-state index contributed by atoms with van der Waals surface area (Å²) in [4.78, 5) is 5.55. The molecule has 0 fully saturated rings. The molecule has 0 bridgehead atoms. The van der Waals surface area contributed by atoms with Crippen molar-refractivity contribution in [2.24, 2.45) is 11.7 Å². The summed E-state index contributed by atoms with van der Waals surface area (Å²) in [5.41, 5.74) is 7.15. The van der Waals surface area contributed by atoms with Gasteiger partial charge in [0.1, 0.15) is 5.01 Å². The Morgan fingerprint density at radius 2 is 2.16 bits per heavy atom. The van der Waals surface area contributed by atoms with Gasteiger partial charge < -0.3 is 5.73 Å². The summed E-state index contributed by atoms with van der Waals surface area (Å²) in [5, 5.41) is 0.767. The monoisotopic (exact) mass is 298 g/mol. The van der Waals surface area contributed by atoms with Crippen molar-refractivity contribution in [3.8, 4) is 10.6 Å². The molecule has 19 heavy (non-hydrogen) atoms. The van der Waals surface area contributed by atoms with Crippen LogP contribution in [-0.4, -0.2) is 4.98 Å². The van der Waals surface area contributed by atoms with Crippen molar-refractivity contribution in [2.75, 3.05) is 0 Å². The van der Waals surface area contributed by atoms with Crippen molar-refractivity contribution in [2.45, 2.75) is 26.8 Å². The standard InChI is InChI=1S/C14H16ClFN2S/c1-8(2)6-11-12(7-17)19-14(18-11)9-4-3-5-10(15)13(9)16/h3-5,8H,6-7,17H2,1-2H3. The van der Waals surface area contributed by atoms with Gasteiger partial charge >= 0.3 is 0 Å². The van der Waals surface area contributed by atoms with Gasteiger partial charge in [-0.1, -0.05) is 31.5 Å². The van der Waals surface area contributed by atoms with Crippen LogP contribution in [0.3, 0.4) is 0 Å². The van der Waals surface area contributed by atoms with E-state index in [1.165, 1.54) is 17.4 Å². The van der Waals surface area contributed by atoms with E-state index in [2.05, 4.69) is 18.8 Å². The first-order valence-corrected chi connectivity index (χ1v) is 7.35. The van der Waals surface area contributed by atoms with E-state index in [-0.39, 0.29) is 5.02 Å². The van der Waals surface area contributed by atoms with Crippen LogP contribution in [0.2, 0.25) is 5.02 Å². The van der Waals surface area contributed by atoms with Gasteiger partial charge in [-0.2, -0.15) is 0 Å². The molecule has 0 amide bonds.